The summed E-state index contributed by atoms with van der Waals surface area (Å²) < 4.78 is 37.6. The Bertz CT molecular complexity index is 488. The highest BCUT2D eigenvalue weighted by Crippen LogP contribution is 2.36. The van der Waals surface area contributed by atoms with Gasteiger partial charge in [-0.25, -0.2) is 0 Å². The van der Waals surface area contributed by atoms with E-state index in [1.807, 2.05) is 0 Å². The Hall–Kier alpha value is -1.35. The number of benzene rings is 1. The van der Waals surface area contributed by atoms with Crippen LogP contribution in [0.5, 0.6) is 0 Å². The number of ketones is 1. The van der Waals surface area contributed by atoms with Gasteiger partial charge in [0.2, 0.25) is 0 Å². The number of alkyl halides is 3. The SMILES string of the molecule is CC(=O)c1c(C(F)(F)F)ccc(C#N)c1Br. The summed E-state index contributed by atoms with van der Waals surface area (Å²) >= 11 is 2.84. The maximum Gasteiger partial charge on any atom is 0.417 e. The van der Waals surface area contributed by atoms with E-state index < -0.39 is 23.1 Å². The highest BCUT2D eigenvalue weighted by Gasteiger charge is 2.36. The van der Waals surface area contributed by atoms with Gasteiger partial charge in [-0.15, -0.1) is 0 Å². The highest BCUT2D eigenvalue weighted by molar-refractivity contribution is 9.10. The van der Waals surface area contributed by atoms with Crippen LogP contribution >= 0.6 is 15.9 Å². The zero-order valence-electron chi connectivity index (χ0n) is 8.02. The molecule has 0 amide bonds. The van der Waals surface area contributed by atoms with Gasteiger partial charge in [-0.05, 0) is 35.0 Å². The van der Waals surface area contributed by atoms with Crippen molar-refractivity contribution in [2.24, 2.45) is 0 Å². The van der Waals surface area contributed by atoms with E-state index in [1.165, 1.54) is 0 Å². The fourth-order valence-corrected chi connectivity index (χ4v) is 1.96. The third-order valence-electron chi connectivity index (χ3n) is 1.92. The van der Waals surface area contributed by atoms with Crippen LogP contribution in [0, 0.1) is 11.3 Å². The summed E-state index contributed by atoms with van der Waals surface area (Å²) in [5, 5.41) is 8.65. The van der Waals surface area contributed by atoms with Crippen LogP contribution in [0.25, 0.3) is 0 Å². The van der Waals surface area contributed by atoms with Gasteiger partial charge in [0.25, 0.3) is 0 Å². The first-order valence-corrected chi connectivity index (χ1v) is 4.89. The molecule has 0 aromatic heterocycles. The minimum atomic E-state index is -4.61. The van der Waals surface area contributed by atoms with Gasteiger partial charge in [0.15, 0.2) is 5.78 Å². The molecule has 0 aliphatic carbocycles. The van der Waals surface area contributed by atoms with Crippen molar-refractivity contribution in [2.75, 3.05) is 0 Å². The van der Waals surface area contributed by atoms with Crippen LogP contribution < -0.4 is 0 Å². The van der Waals surface area contributed by atoms with E-state index in [9.17, 15) is 18.0 Å². The first kappa shape index (κ1) is 12.7. The molecule has 0 bridgehead atoms. The predicted octanol–water partition coefficient (Wildman–Crippen LogP) is 3.54. The second-order valence-corrected chi connectivity index (χ2v) is 3.81. The number of nitriles is 1. The highest BCUT2D eigenvalue weighted by atomic mass is 79.9. The monoisotopic (exact) mass is 291 g/mol. The molecule has 1 aromatic carbocycles. The van der Waals surface area contributed by atoms with Gasteiger partial charge in [-0.3, -0.25) is 4.79 Å². The fraction of sp³-hybridized carbons (Fsp3) is 0.200. The van der Waals surface area contributed by atoms with Crippen molar-refractivity contribution in [2.45, 2.75) is 13.1 Å². The molecule has 84 valence electrons. The third-order valence-corrected chi connectivity index (χ3v) is 2.74. The molecule has 0 aliphatic heterocycles. The first-order chi connectivity index (χ1) is 7.29. The average Bonchev–Trinajstić information content (AvgIpc) is 2.15. The Kier molecular flexibility index (Phi) is 3.38. The molecular formula is C10H5BrF3NO. The number of carbonyl (C=O) groups is 1. The number of rotatable bonds is 1. The van der Waals surface area contributed by atoms with Crippen molar-refractivity contribution in [1.29, 1.82) is 5.26 Å². The summed E-state index contributed by atoms with van der Waals surface area (Å²) in [6.07, 6.45) is -4.61. The second-order valence-electron chi connectivity index (χ2n) is 3.02. The lowest BCUT2D eigenvalue weighted by atomic mass is 10.0. The summed E-state index contributed by atoms with van der Waals surface area (Å²) in [7, 11) is 0. The first-order valence-electron chi connectivity index (χ1n) is 4.09. The van der Waals surface area contributed by atoms with E-state index in [4.69, 9.17) is 5.26 Å². The van der Waals surface area contributed by atoms with Gasteiger partial charge < -0.3 is 0 Å². The molecule has 2 nitrogen and oxygen atoms in total. The third kappa shape index (κ3) is 2.25. The topological polar surface area (TPSA) is 40.9 Å². The normalized spacial score (nSPS) is 11.0. The molecule has 0 spiro atoms. The standard InChI is InChI=1S/C10H5BrF3NO/c1-5(16)8-7(10(12,13)14)3-2-6(4-15)9(8)11/h2-3H,1H3. The minimum Gasteiger partial charge on any atom is -0.294 e. The summed E-state index contributed by atoms with van der Waals surface area (Å²) in [4.78, 5) is 11.2. The summed E-state index contributed by atoms with van der Waals surface area (Å²) in [6.45, 7) is 1.02. The van der Waals surface area contributed by atoms with Gasteiger partial charge in [0, 0.05) is 10.0 Å². The largest absolute Gasteiger partial charge is 0.417 e. The number of halogens is 4. The molecule has 0 saturated carbocycles. The maximum atomic E-state index is 12.6. The molecule has 1 aromatic rings. The molecular weight excluding hydrogens is 287 g/mol. The molecule has 0 unspecified atom stereocenters. The number of hydrogen-bond acceptors (Lipinski definition) is 2. The fourth-order valence-electron chi connectivity index (χ4n) is 1.24. The second kappa shape index (κ2) is 4.26. The van der Waals surface area contributed by atoms with Crippen molar-refractivity contribution in [1.82, 2.24) is 0 Å². The van der Waals surface area contributed by atoms with Crippen LogP contribution in [0.1, 0.15) is 28.4 Å². The molecule has 1 rings (SSSR count). The number of carbonyl (C=O) groups excluding carboxylic acids is 1. The van der Waals surface area contributed by atoms with E-state index in [0.717, 1.165) is 19.1 Å². The lowest BCUT2D eigenvalue weighted by molar-refractivity contribution is -0.137. The maximum absolute atomic E-state index is 12.6. The van der Waals surface area contributed by atoms with E-state index in [1.54, 1.807) is 6.07 Å². The minimum absolute atomic E-state index is 0.00167. The van der Waals surface area contributed by atoms with Gasteiger partial charge in [-0.2, -0.15) is 18.4 Å². The Labute approximate surface area is 97.8 Å². The Balaban J connectivity index is 3.62. The molecule has 0 fully saturated rings. The zero-order chi connectivity index (χ0) is 12.5. The summed E-state index contributed by atoms with van der Waals surface area (Å²) in [5.74, 6) is -0.740. The van der Waals surface area contributed by atoms with Crippen molar-refractivity contribution < 1.29 is 18.0 Å². The van der Waals surface area contributed by atoms with Crippen molar-refractivity contribution in [3.8, 4) is 6.07 Å². The van der Waals surface area contributed by atoms with Gasteiger partial charge in [-0.1, -0.05) is 0 Å². The molecule has 0 aliphatic rings. The summed E-state index contributed by atoms with van der Waals surface area (Å²) in [5.41, 5.74) is -1.55. The predicted molar refractivity (Wildman–Crippen MR) is 53.9 cm³/mol. The molecule has 0 heterocycles. The van der Waals surface area contributed by atoms with E-state index >= 15 is 0 Å². The quantitative estimate of drug-likeness (QED) is 0.743. The molecule has 0 saturated heterocycles. The van der Waals surface area contributed by atoms with Crippen LogP contribution in [-0.2, 0) is 6.18 Å². The van der Waals surface area contributed by atoms with Gasteiger partial charge >= 0.3 is 6.18 Å². The molecule has 6 heteroatoms. The summed E-state index contributed by atoms with van der Waals surface area (Å²) in [6, 6.07) is 3.47. The van der Waals surface area contributed by atoms with Gasteiger partial charge in [0.1, 0.15) is 6.07 Å². The average molecular weight is 292 g/mol. The van der Waals surface area contributed by atoms with Crippen molar-refractivity contribution in [3.63, 3.8) is 0 Å². The van der Waals surface area contributed by atoms with Crippen LogP contribution in [-0.4, -0.2) is 5.78 Å². The molecule has 0 radical (unpaired) electrons. The van der Waals surface area contributed by atoms with Gasteiger partial charge in [0.05, 0.1) is 11.1 Å². The lowest BCUT2D eigenvalue weighted by Gasteiger charge is -2.12. The smallest absolute Gasteiger partial charge is 0.294 e. The van der Waals surface area contributed by atoms with Crippen LogP contribution in [0.4, 0.5) is 13.2 Å². The number of Topliss-reactive ketones (excluding diaryl/α,β-unsaturated/α-hetero) is 1. The lowest BCUT2D eigenvalue weighted by Crippen LogP contribution is -2.13. The molecule has 0 N–H and O–H groups in total. The zero-order valence-corrected chi connectivity index (χ0v) is 9.61. The number of hydrogen-bond donors (Lipinski definition) is 0. The van der Waals surface area contributed by atoms with E-state index in [2.05, 4.69) is 15.9 Å². The molecule has 16 heavy (non-hydrogen) atoms. The Morgan fingerprint density at radius 2 is 2.00 bits per heavy atom. The van der Waals surface area contributed by atoms with Crippen LogP contribution in [0.15, 0.2) is 16.6 Å². The number of nitrogens with zero attached hydrogens (tertiary/aromatic N) is 1. The Morgan fingerprint density at radius 1 is 1.44 bits per heavy atom. The van der Waals surface area contributed by atoms with Crippen molar-refractivity contribution >= 4 is 21.7 Å². The molecule has 0 atom stereocenters. The van der Waals surface area contributed by atoms with Crippen LogP contribution in [0.2, 0.25) is 0 Å². The van der Waals surface area contributed by atoms with Crippen LogP contribution in [0.3, 0.4) is 0 Å². The van der Waals surface area contributed by atoms with E-state index in [0.29, 0.717) is 0 Å². The Morgan fingerprint density at radius 3 is 2.38 bits per heavy atom. The van der Waals surface area contributed by atoms with Crippen molar-refractivity contribution in [3.05, 3.63) is 33.3 Å². The van der Waals surface area contributed by atoms with E-state index in [-0.39, 0.29) is 10.0 Å².